The first-order valence-corrected chi connectivity index (χ1v) is 10.2. The molecule has 5 nitrogen and oxygen atoms in total. The molecular formula is C20H18ClFN4OS. The van der Waals surface area contributed by atoms with Gasteiger partial charge in [0.05, 0.1) is 21.5 Å². The van der Waals surface area contributed by atoms with Crippen molar-refractivity contribution in [2.45, 2.75) is 36.2 Å². The number of nitrogens with zero attached hydrogens (tertiary/aromatic N) is 3. The van der Waals surface area contributed by atoms with Crippen molar-refractivity contribution in [3.05, 3.63) is 59.4 Å². The van der Waals surface area contributed by atoms with Crippen LogP contribution in [0.4, 0.5) is 10.1 Å². The van der Waals surface area contributed by atoms with Gasteiger partial charge in [-0.15, -0.1) is 10.2 Å². The average molecular weight is 417 g/mol. The summed E-state index contributed by atoms with van der Waals surface area (Å²) in [7, 11) is 0. The number of amides is 1. The first kappa shape index (κ1) is 19.0. The summed E-state index contributed by atoms with van der Waals surface area (Å²) in [6.07, 6.45) is 1.99. The Morgan fingerprint density at radius 2 is 1.93 bits per heavy atom. The van der Waals surface area contributed by atoms with Crippen LogP contribution in [0, 0.1) is 5.82 Å². The topological polar surface area (TPSA) is 59.8 Å². The fourth-order valence-corrected chi connectivity index (χ4v) is 3.96. The van der Waals surface area contributed by atoms with E-state index in [1.165, 1.54) is 17.8 Å². The van der Waals surface area contributed by atoms with Gasteiger partial charge in [0.15, 0.2) is 11.0 Å². The molecule has 1 aliphatic rings. The molecule has 8 heteroatoms. The zero-order chi connectivity index (χ0) is 19.7. The zero-order valence-corrected chi connectivity index (χ0v) is 16.7. The Bertz CT molecular complexity index is 1020. The van der Waals surface area contributed by atoms with Gasteiger partial charge < -0.3 is 5.32 Å². The standard InChI is InChI=1S/C20H18ClFN4OS/c1-12(19(27)23-17-9-5-3-7-15(17)21)28-20-25-24-18(26(20)13-10-11-13)14-6-2-4-8-16(14)22/h2-9,12-13H,10-11H2,1H3,(H,23,27)/t12-/m1/s1. The van der Waals surface area contributed by atoms with Crippen molar-refractivity contribution in [3.8, 4) is 11.4 Å². The second kappa shape index (κ2) is 7.93. The van der Waals surface area contributed by atoms with Gasteiger partial charge in [-0.3, -0.25) is 9.36 Å². The number of anilines is 1. The lowest BCUT2D eigenvalue weighted by Crippen LogP contribution is -2.23. The number of hydrogen-bond donors (Lipinski definition) is 1. The van der Waals surface area contributed by atoms with E-state index in [4.69, 9.17) is 11.6 Å². The molecule has 144 valence electrons. The molecule has 0 saturated heterocycles. The molecule has 3 aromatic rings. The third-order valence-electron chi connectivity index (χ3n) is 4.47. The van der Waals surface area contributed by atoms with Crippen molar-refractivity contribution in [3.63, 3.8) is 0 Å². The van der Waals surface area contributed by atoms with E-state index in [1.54, 1.807) is 43.3 Å². The van der Waals surface area contributed by atoms with Gasteiger partial charge in [0.25, 0.3) is 0 Å². The quantitative estimate of drug-likeness (QED) is 0.561. The van der Waals surface area contributed by atoms with Crippen molar-refractivity contribution < 1.29 is 9.18 Å². The minimum Gasteiger partial charge on any atom is -0.324 e. The summed E-state index contributed by atoms with van der Waals surface area (Å²) in [5, 5.41) is 12.0. The number of hydrogen-bond acceptors (Lipinski definition) is 4. The average Bonchev–Trinajstić information content (AvgIpc) is 3.44. The highest BCUT2D eigenvalue weighted by molar-refractivity contribution is 8.00. The Balaban J connectivity index is 1.56. The van der Waals surface area contributed by atoms with Gasteiger partial charge in [0.2, 0.25) is 5.91 Å². The van der Waals surface area contributed by atoms with Gasteiger partial charge in [-0.25, -0.2) is 4.39 Å². The summed E-state index contributed by atoms with van der Waals surface area (Å²) >= 11 is 7.42. The first-order valence-electron chi connectivity index (χ1n) is 8.96. The second-order valence-corrected chi connectivity index (χ2v) is 8.33. The van der Waals surface area contributed by atoms with Crippen molar-refractivity contribution >= 4 is 35.0 Å². The van der Waals surface area contributed by atoms with E-state index in [1.807, 2.05) is 10.6 Å². The van der Waals surface area contributed by atoms with E-state index >= 15 is 0 Å². The van der Waals surface area contributed by atoms with Gasteiger partial charge in [-0.05, 0) is 44.0 Å². The Labute approximate surface area is 171 Å². The molecule has 0 spiro atoms. The maximum absolute atomic E-state index is 14.3. The lowest BCUT2D eigenvalue weighted by molar-refractivity contribution is -0.115. The summed E-state index contributed by atoms with van der Waals surface area (Å²) in [6.45, 7) is 1.80. The van der Waals surface area contributed by atoms with Crippen molar-refractivity contribution in [2.75, 3.05) is 5.32 Å². The van der Waals surface area contributed by atoms with Crippen molar-refractivity contribution in [1.82, 2.24) is 14.8 Å². The van der Waals surface area contributed by atoms with E-state index in [0.717, 1.165) is 12.8 Å². The van der Waals surface area contributed by atoms with Crippen LogP contribution in [-0.4, -0.2) is 25.9 Å². The number of carbonyl (C=O) groups excluding carboxylic acids is 1. The Morgan fingerprint density at radius 3 is 2.64 bits per heavy atom. The Hall–Kier alpha value is -2.38. The van der Waals surface area contributed by atoms with Gasteiger partial charge in [-0.1, -0.05) is 47.6 Å². The van der Waals surface area contributed by atoms with E-state index in [0.29, 0.717) is 27.3 Å². The molecule has 0 aliphatic heterocycles. The number of thioether (sulfide) groups is 1. The fourth-order valence-electron chi connectivity index (χ4n) is 2.85. The molecule has 1 atom stereocenters. The highest BCUT2D eigenvalue weighted by Gasteiger charge is 2.32. The number of rotatable bonds is 6. The molecule has 28 heavy (non-hydrogen) atoms. The van der Waals surface area contributed by atoms with Crippen LogP contribution in [0.2, 0.25) is 5.02 Å². The molecule has 1 aliphatic carbocycles. The zero-order valence-electron chi connectivity index (χ0n) is 15.1. The molecular weight excluding hydrogens is 399 g/mol. The van der Waals surface area contributed by atoms with E-state index in [-0.39, 0.29) is 17.8 Å². The Morgan fingerprint density at radius 1 is 1.21 bits per heavy atom. The summed E-state index contributed by atoms with van der Waals surface area (Å²) in [5.41, 5.74) is 0.985. The smallest absolute Gasteiger partial charge is 0.237 e. The van der Waals surface area contributed by atoms with Crippen molar-refractivity contribution in [2.24, 2.45) is 0 Å². The van der Waals surface area contributed by atoms with Gasteiger partial charge >= 0.3 is 0 Å². The fraction of sp³-hybridized carbons (Fsp3) is 0.250. The molecule has 1 fully saturated rings. The third kappa shape index (κ3) is 3.91. The molecule has 4 rings (SSSR count). The minimum atomic E-state index is -0.425. The van der Waals surface area contributed by atoms with Crippen LogP contribution in [0.5, 0.6) is 0 Å². The summed E-state index contributed by atoms with van der Waals surface area (Å²) in [5.74, 6) is -0.0180. The van der Waals surface area contributed by atoms with Crippen LogP contribution in [-0.2, 0) is 4.79 Å². The Kier molecular flexibility index (Phi) is 5.37. The predicted molar refractivity (Wildman–Crippen MR) is 109 cm³/mol. The molecule has 1 heterocycles. The molecule has 0 bridgehead atoms. The van der Waals surface area contributed by atoms with E-state index in [2.05, 4.69) is 15.5 Å². The number of para-hydroxylation sites is 1. The number of nitrogens with one attached hydrogen (secondary N) is 1. The predicted octanol–water partition coefficient (Wildman–Crippen LogP) is 5.19. The first-order chi connectivity index (χ1) is 13.5. The molecule has 0 radical (unpaired) electrons. The highest BCUT2D eigenvalue weighted by Crippen LogP contribution is 2.42. The lowest BCUT2D eigenvalue weighted by Gasteiger charge is -2.14. The molecule has 2 aromatic carbocycles. The molecule has 1 N–H and O–H groups in total. The van der Waals surface area contributed by atoms with Gasteiger partial charge in [0, 0.05) is 6.04 Å². The molecule has 1 saturated carbocycles. The maximum Gasteiger partial charge on any atom is 0.237 e. The van der Waals surface area contributed by atoms with Crippen LogP contribution in [0.25, 0.3) is 11.4 Å². The maximum atomic E-state index is 14.3. The minimum absolute atomic E-state index is 0.184. The highest BCUT2D eigenvalue weighted by atomic mass is 35.5. The van der Waals surface area contributed by atoms with Crippen LogP contribution in [0.1, 0.15) is 25.8 Å². The number of aromatic nitrogens is 3. The molecule has 1 aromatic heterocycles. The number of benzene rings is 2. The van der Waals surface area contributed by atoms with Gasteiger partial charge in [-0.2, -0.15) is 0 Å². The summed E-state index contributed by atoms with van der Waals surface area (Å²) in [6, 6.07) is 13.9. The number of carbonyl (C=O) groups is 1. The molecule has 0 unspecified atom stereocenters. The van der Waals surface area contributed by atoms with E-state index in [9.17, 15) is 9.18 Å². The SMILES string of the molecule is C[C@@H](Sc1nnc(-c2ccccc2F)n1C1CC1)C(=O)Nc1ccccc1Cl. The normalized spacial score (nSPS) is 14.7. The van der Waals surface area contributed by atoms with Crippen molar-refractivity contribution in [1.29, 1.82) is 0 Å². The molecule has 1 amide bonds. The summed E-state index contributed by atoms with van der Waals surface area (Å²) in [4.78, 5) is 12.6. The summed E-state index contributed by atoms with van der Waals surface area (Å²) < 4.78 is 16.2. The van der Waals surface area contributed by atoms with Gasteiger partial charge in [0.1, 0.15) is 5.82 Å². The monoisotopic (exact) mass is 416 g/mol. The third-order valence-corrected chi connectivity index (χ3v) is 5.86. The largest absolute Gasteiger partial charge is 0.324 e. The van der Waals surface area contributed by atoms with Crippen LogP contribution >= 0.6 is 23.4 Å². The van der Waals surface area contributed by atoms with Crippen LogP contribution in [0.15, 0.2) is 53.7 Å². The van der Waals surface area contributed by atoms with Crippen LogP contribution in [0.3, 0.4) is 0 Å². The van der Waals surface area contributed by atoms with Crippen LogP contribution < -0.4 is 5.32 Å². The van der Waals surface area contributed by atoms with E-state index < -0.39 is 5.25 Å². The lowest BCUT2D eigenvalue weighted by atomic mass is 10.2. The second-order valence-electron chi connectivity index (χ2n) is 6.62. The number of halogens is 2.